The SMILES string of the molecule is CCNC(=NCC(C)N1CCOCC1)NCCC(C)c1ccccc1. The Morgan fingerprint density at radius 1 is 1.16 bits per heavy atom. The quantitative estimate of drug-likeness (QED) is 0.561. The van der Waals surface area contributed by atoms with E-state index in [-0.39, 0.29) is 0 Å². The van der Waals surface area contributed by atoms with Crippen LogP contribution in [-0.2, 0) is 4.74 Å². The van der Waals surface area contributed by atoms with Crippen molar-refractivity contribution in [1.29, 1.82) is 0 Å². The van der Waals surface area contributed by atoms with Crippen molar-refractivity contribution in [2.75, 3.05) is 45.9 Å². The molecule has 0 amide bonds. The van der Waals surface area contributed by atoms with Crippen molar-refractivity contribution in [3.8, 4) is 0 Å². The second-order valence-corrected chi connectivity index (χ2v) is 6.74. The van der Waals surface area contributed by atoms with E-state index >= 15 is 0 Å². The number of nitrogens with one attached hydrogen (secondary N) is 2. The first-order chi connectivity index (χ1) is 12.2. The van der Waals surface area contributed by atoms with Crippen molar-refractivity contribution in [1.82, 2.24) is 15.5 Å². The zero-order valence-electron chi connectivity index (χ0n) is 16.0. The number of guanidine groups is 1. The molecule has 0 saturated carbocycles. The summed E-state index contributed by atoms with van der Waals surface area (Å²) >= 11 is 0. The molecule has 140 valence electrons. The van der Waals surface area contributed by atoms with Gasteiger partial charge < -0.3 is 15.4 Å². The van der Waals surface area contributed by atoms with Crippen molar-refractivity contribution in [3.05, 3.63) is 35.9 Å². The molecular formula is C20H34N4O. The molecule has 5 nitrogen and oxygen atoms in total. The van der Waals surface area contributed by atoms with Gasteiger partial charge in [-0.05, 0) is 31.7 Å². The molecule has 1 saturated heterocycles. The number of benzene rings is 1. The minimum absolute atomic E-state index is 0.447. The maximum absolute atomic E-state index is 5.42. The van der Waals surface area contributed by atoms with Crippen LogP contribution in [0.4, 0.5) is 0 Å². The van der Waals surface area contributed by atoms with Crippen LogP contribution in [0.1, 0.15) is 38.7 Å². The third kappa shape index (κ3) is 7.04. The number of hydrogen-bond donors (Lipinski definition) is 2. The summed E-state index contributed by atoms with van der Waals surface area (Å²) in [5.74, 6) is 1.46. The smallest absolute Gasteiger partial charge is 0.191 e. The lowest BCUT2D eigenvalue weighted by Gasteiger charge is -2.31. The van der Waals surface area contributed by atoms with Gasteiger partial charge in [-0.25, -0.2) is 0 Å². The van der Waals surface area contributed by atoms with Crippen molar-refractivity contribution in [2.45, 2.75) is 39.2 Å². The first-order valence-corrected chi connectivity index (χ1v) is 9.59. The van der Waals surface area contributed by atoms with Gasteiger partial charge in [0.1, 0.15) is 0 Å². The molecule has 2 atom stereocenters. The maximum atomic E-state index is 5.42. The highest BCUT2D eigenvalue weighted by molar-refractivity contribution is 5.79. The van der Waals surface area contributed by atoms with Gasteiger partial charge in [-0.2, -0.15) is 0 Å². The Balaban J connectivity index is 1.76. The Labute approximate surface area is 152 Å². The number of ether oxygens (including phenoxy) is 1. The molecule has 0 spiro atoms. The van der Waals surface area contributed by atoms with Crippen molar-refractivity contribution in [2.24, 2.45) is 4.99 Å². The van der Waals surface area contributed by atoms with Crippen LogP contribution < -0.4 is 10.6 Å². The van der Waals surface area contributed by atoms with Gasteiger partial charge in [0.05, 0.1) is 19.8 Å². The summed E-state index contributed by atoms with van der Waals surface area (Å²) in [5.41, 5.74) is 1.40. The molecule has 1 fully saturated rings. The Morgan fingerprint density at radius 2 is 1.88 bits per heavy atom. The van der Waals surface area contributed by atoms with Gasteiger partial charge in [0.25, 0.3) is 0 Å². The molecule has 1 heterocycles. The summed E-state index contributed by atoms with van der Waals surface area (Å²) in [6, 6.07) is 11.1. The minimum atomic E-state index is 0.447. The predicted molar refractivity (Wildman–Crippen MR) is 105 cm³/mol. The van der Waals surface area contributed by atoms with Crippen LogP contribution in [0.2, 0.25) is 0 Å². The fraction of sp³-hybridized carbons (Fsp3) is 0.650. The largest absolute Gasteiger partial charge is 0.379 e. The molecule has 0 aliphatic carbocycles. The summed E-state index contributed by atoms with van der Waals surface area (Å²) in [4.78, 5) is 7.22. The van der Waals surface area contributed by atoms with E-state index in [2.05, 4.69) is 66.6 Å². The average molecular weight is 347 g/mol. The molecule has 0 bridgehead atoms. The summed E-state index contributed by atoms with van der Waals surface area (Å²) in [6.45, 7) is 12.9. The highest BCUT2D eigenvalue weighted by atomic mass is 16.5. The molecule has 5 heteroatoms. The fourth-order valence-electron chi connectivity index (χ4n) is 3.05. The predicted octanol–water partition coefficient (Wildman–Crippen LogP) is 2.46. The van der Waals surface area contributed by atoms with Crippen molar-refractivity contribution < 1.29 is 4.74 Å². The van der Waals surface area contributed by atoms with E-state index in [1.54, 1.807) is 0 Å². The summed E-state index contributed by atoms with van der Waals surface area (Å²) in [5, 5.41) is 6.83. The lowest BCUT2D eigenvalue weighted by Crippen LogP contribution is -2.44. The van der Waals surface area contributed by atoms with Gasteiger partial charge in [-0.15, -0.1) is 0 Å². The molecule has 1 aromatic carbocycles. The molecule has 2 unspecified atom stereocenters. The van der Waals surface area contributed by atoms with Crippen molar-refractivity contribution in [3.63, 3.8) is 0 Å². The van der Waals surface area contributed by atoms with Gasteiger partial charge in [0.2, 0.25) is 0 Å². The van der Waals surface area contributed by atoms with Crippen LogP contribution in [-0.4, -0.2) is 62.8 Å². The zero-order chi connectivity index (χ0) is 17.9. The van der Waals surface area contributed by atoms with Crippen LogP contribution >= 0.6 is 0 Å². The van der Waals surface area contributed by atoms with E-state index in [1.807, 2.05) is 0 Å². The zero-order valence-corrected chi connectivity index (χ0v) is 16.0. The maximum Gasteiger partial charge on any atom is 0.191 e. The average Bonchev–Trinajstić information content (AvgIpc) is 2.67. The highest BCUT2D eigenvalue weighted by Gasteiger charge is 2.16. The van der Waals surface area contributed by atoms with E-state index < -0.39 is 0 Å². The van der Waals surface area contributed by atoms with Crippen LogP contribution in [0.25, 0.3) is 0 Å². The standard InChI is InChI=1S/C20H34N4O/c1-4-21-20(23-16-18(3)24-12-14-25-15-13-24)22-11-10-17(2)19-8-6-5-7-9-19/h5-9,17-18H,4,10-16H2,1-3H3,(H2,21,22,23). The van der Waals surface area contributed by atoms with Crippen LogP contribution in [0.5, 0.6) is 0 Å². The van der Waals surface area contributed by atoms with E-state index in [4.69, 9.17) is 9.73 Å². The molecular weight excluding hydrogens is 312 g/mol. The molecule has 1 aromatic rings. The first kappa shape index (κ1) is 19.7. The number of morpholine rings is 1. The van der Waals surface area contributed by atoms with E-state index in [9.17, 15) is 0 Å². The van der Waals surface area contributed by atoms with E-state index in [0.29, 0.717) is 12.0 Å². The molecule has 25 heavy (non-hydrogen) atoms. The number of hydrogen-bond acceptors (Lipinski definition) is 3. The monoisotopic (exact) mass is 346 g/mol. The summed E-state index contributed by atoms with van der Waals surface area (Å²) < 4.78 is 5.42. The number of aliphatic imine (C=N–C) groups is 1. The number of nitrogens with zero attached hydrogens (tertiary/aromatic N) is 2. The van der Waals surface area contributed by atoms with Gasteiger partial charge in [0.15, 0.2) is 5.96 Å². The second-order valence-electron chi connectivity index (χ2n) is 6.74. The van der Waals surface area contributed by atoms with Gasteiger partial charge in [0, 0.05) is 32.2 Å². The molecule has 0 aromatic heterocycles. The van der Waals surface area contributed by atoms with Crippen LogP contribution in [0, 0.1) is 0 Å². The third-order valence-electron chi connectivity index (χ3n) is 4.77. The summed E-state index contributed by atoms with van der Waals surface area (Å²) in [7, 11) is 0. The Bertz CT molecular complexity index is 500. The lowest BCUT2D eigenvalue weighted by molar-refractivity contribution is 0.0220. The molecule has 1 aliphatic rings. The Hall–Kier alpha value is -1.59. The second kappa shape index (κ2) is 11.1. The lowest BCUT2D eigenvalue weighted by atomic mass is 9.98. The number of rotatable bonds is 8. The third-order valence-corrected chi connectivity index (χ3v) is 4.77. The Kier molecular flexibility index (Phi) is 8.77. The molecule has 2 rings (SSSR count). The van der Waals surface area contributed by atoms with Crippen LogP contribution in [0.15, 0.2) is 35.3 Å². The minimum Gasteiger partial charge on any atom is -0.379 e. The first-order valence-electron chi connectivity index (χ1n) is 9.59. The molecule has 1 aliphatic heterocycles. The Morgan fingerprint density at radius 3 is 2.56 bits per heavy atom. The summed E-state index contributed by atoms with van der Waals surface area (Å²) in [6.07, 6.45) is 1.09. The topological polar surface area (TPSA) is 48.9 Å². The van der Waals surface area contributed by atoms with Crippen LogP contribution in [0.3, 0.4) is 0 Å². The van der Waals surface area contributed by atoms with E-state index in [1.165, 1.54) is 5.56 Å². The molecule has 0 radical (unpaired) electrons. The van der Waals surface area contributed by atoms with E-state index in [0.717, 1.165) is 58.3 Å². The normalized spacial score (nSPS) is 18.6. The highest BCUT2D eigenvalue weighted by Crippen LogP contribution is 2.17. The van der Waals surface area contributed by atoms with Gasteiger partial charge in [-0.3, -0.25) is 9.89 Å². The molecule has 2 N–H and O–H groups in total. The fourth-order valence-corrected chi connectivity index (χ4v) is 3.05. The van der Waals surface area contributed by atoms with Gasteiger partial charge in [-0.1, -0.05) is 37.3 Å². The van der Waals surface area contributed by atoms with Gasteiger partial charge >= 0.3 is 0 Å². The van der Waals surface area contributed by atoms with Crippen molar-refractivity contribution >= 4 is 5.96 Å².